The van der Waals surface area contributed by atoms with E-state index in [0.717, 1.165) is 31.9 Å². The minimum absolute atomic E-state index is 0.242. The first-order chi connectivity index (χ1) is 7.69. The molecule has 1 amide bonds. The zero-order valence-electron chi connectivity index (χ0n) is 10.4. The summed E-state index contributed by atoms with van der Waals surface area (Å²) in [4.78, 5) is 17.6. The summed E-state index contributed by atoms with van der Waals surface area (Å²) in [6.45, 7) is 8.41. The summed E-state index contributed by atoms with van der Waals surface area (Å²) in [5.41, 5.74) is 0. The number of amides is 1. The number of rotatable bonds is 6. The van der Waals surface area contributed by atoms with Gasteiger partial charge >= 0.3 is 0 Å². The van der Waals surface area contributed by atoms with Crippen LogP contribution in [0.5, 0.6) is 0 Å². The third-order valence-electron chi connectivity index (χ3n) is 2.76. The lowest BCUT2D eigenvalue weighted by molar-refractivity contribution is -0.130. The highest BCUT2D eigenvalue weighted by Gasteiger charge is 2.08. The summed E-state index contributed by atoms with van der Waals surface area (Å²) >= 11 is 0. The van der Waals surface area contributed by atoms with Crippen LogP contribution < -0.4 is 0 Å². The SMILES string of the molecule is CCN(CC)C(=O)CCCn1c[c]nc1C. The van der Waals surface area contributed by atoms with Gasteiger partial charge in [-0.1, -0.05) is 0 Å². The Morgan fingerprint density at radius 2 is 2.19 bits per heavy atom. The fraction of sp³-hybridized carbons (Fsp3) is 0.667. The molecule has 89 valence electrons. The van der Waals surface area contributed by atoms with E-state index < -0.39 is 0 Å². The molecule has 0 atom stereocenters. The highest BCUT2D eigenvalue weighted by atomic mass is 16.2. The van der Waals surface area contributed by atoms with Crippen LogP contribution in [0.4, 0.5) is 0 Å². The Kier molecular flexibility index (Phi) is 5.02. The standard InChI is InChI=1S/C12H20N3O/c1-4-14(5-2)12(16)7-6-9-15-10-8-13-11(15)3/h10H,4-7,9H2,1-3H3. The first-order valence-electron chi connectivity index (χ1n) is 5.86. The Morgan fingerprint density at radius 1 is 1.50 bits per heavy atom. The van der Waals surface area contributed by atoms with Gasteiger partial charge in [-0.3, -0.25) is 4.79 Å². The van der Waals surface area contributed by atoms with Crippen molar-refractivity contribution in [3.63, 3.8) is 0 Å². The molecule has 0 spiro atoms. The van der Waals surface area contributed by atoms with E-state index in [1.54, 1.807) is 0 Å². The van der Waals surface area contributed by atoms with Crippen LogP contribution in [0.1, 0.15) is 32.5 Å². The number of carbonyl (C=O) groups is 1. The van der Waals surface area contributed by atoms with Gasteiger partial charge in [0.05, 0.1) is 0 Å². The van der Waals surface area contributed by atoms with Crippen LogP contribution in [-0.4, -0.2) is 33.4 Å². The molecule has 4 nitrogen and oxygen atoms in total. The van der Waals surface area contributed by atoms with E-state index in [4.69, 9.17) is 0 Å². The number of nitrogens with zero attached hydrogens (tertiary/aromatic N) is 3. The van der Waals surface area contributed by atoms with Crippen molar-refractivity contribution in [3.05, 3.63) is 18.2 Å². The van der Waals surface area contributed by atoms with Gasteiger partial charge in [-0.15, -0.1) is 0 Å². The zero-order valence-corrected chi connectivity index (χ0v) is 10.4. The molecule has 0 aliphatic carbocycles. The average Bonchev–Trinajstić information content (AvgIpc) is 2.66. The normalized spacial score (nSPS) is 10.4. The third-order valence-corrected chi connectivity index (χ3v) is 2.76. The molecule has 0 saturated heterocycles. The fourth-order valence-corrected chi connectivity index (χ4v) is 1.71. The van der Waals surface area contributed by atoms with E-state index in [1.807, 2.05) is 36.4 Å². The average molecular weight is 222 g/mol. The summed E-state index contributed by atoms with van der Waals surface area (Å²) in [6.07, 6.45) is 6.10. The Bertz CT molecular complexity index is 329. The highest BCUT2D eigenvalue weighted by Crippen LogP contribution is 2.02. The van der Waals surface area contributed by atoms with Gasteiger partial charge in [-0.2, -0.15) is 0 Å². The van der Waals surface area contributed by atoms with Crippen molar-refractivity contribution < 1.29 is 4.79 Å². The van der Waals surface area contributed by atoms with Crippen LogP contribution in [-0.2, 0) is 11.3 Å². The Labute approximate surface area is 97.3 Å². The molecule has 0 saturated carbocycles. The molecule has 0 aliphatic rings. The molecule has 0 aromatic carbocycles. The Hall–Kier alpha value is -1.32. The lowest BCUT2D eigenvalue weighted by Gasteiger charge is -2.18. The van der Waals surface area contributed by atoms with Gasteiger partial charge in [0.25, 0.3) is 0 Å². The van der Waals surface area contributed by atoms with Crippen LogP contribution in [0.25, 0.3) is 0 Å². The van der Waals surface area contributed by atoms with Crippen molar-refractivity contribution in [2.45, 2.75) is 40.2 Å². The lowest BCUT2D eigenvalue weighted by atomic mass is 10.2. The van der Waals surface area contributed by atoms with Crippen molar-refractivity contribution in [2.24, 2.45) is 0 Å². The molecule has 1 aromatic heterocycles. The van der Waals surface area contributed by atoms with Gasteiger partial charge in [-0.05, 0) is 27.2 Å². The van der Waals surface area contributed by atoms with Gasteiger partial charge in [0, 0.05) is 32.3 Å². The number of carbonyl (C=O) groups excluding carboxylic acids is 1. The van der Waals surface area contributed by atoms with E-state index in [9.17, 15) is 4.79 Å². The molecule has 1 heterocycles. The molecule has 1 aromatic rings. The summed E-state index contributed by atoms with van der Waals surface area (Å²) in [5.74, 6) is 1.20. The summed E-state index contributed by atoms with van der Waals surface area (Å²) in [7, 11) is 0. The minimum Gasteiger partial charge on any atom is -0.343 e. The fourth-order valence-electron chi connectivity index (χ4n) is 1.71. The van der Waals surface area contributed by atoms with Crippen molar-refractivity contribution in [3.8, 4) is 0 Å². The third kappa shape index (κ3) is 3.36. The maximum absolute atomic E-state index is 11.7. The van der Waals surface area contributed by atoms with Gasteiger partial charge in [-0.25, -0.2) is 4.98 Å². The van der Waals surface area contributed by atoms with Crippen molar-refractivity contribution in [2.75, 3.05) is 13.1 Å². The maximum Gasteiger partial charge on any atom is 0.222 e. The van der Waals surface area contributed by atoms with Gasteiger partial charge in [0.2, 0.25) is 5.91 Å². The Morgan fingerprint density at radius 3 is 2.69 bits per heavy atom. The monoisotopic (exact) mass is 222 g/mol. The molecule has 0 aliphatic heterocycles. The first-order valence-corrected chi connectivity index (χ1v) is 5.86. The van der Waals surface area contributed by atoms with Gasteiger partial charge in [0.1, 0.15) is 12.0 Å². The molecular formula is C12H20N3O. The summed E-state index contributed by atoms with van der Waals surface area (Å²) in [6, 6.07) is 0. The molecule has 0 fully saturated rings. The number of hydrogen-bond donors (Lipinski definition) is 0. The smallest absolute Gasteiger partial charge is 0.222 e. The lowest BCUT2D eigenvalue weighted by Crippen LogP contribution is -2.30. The molecule has 16 heavy (non-hydrogen) atoms. The van der Waals surface area contributed by atoms with Crippen LogP contribution >= 0.6 is 0 Å². The zero-order chi connectivity index (χ0) is 12.0. The second-order valence-corrected chi connectivity index (χ2v) is 3.78. The maximum atomic E-state index is 11.7. The Balaban J connectivity index is 2.30. The minimum atomic E-state index is 0.242. The molecule has 1 rings (SSSR count). The van der Waals surface area contributed by atoms with Crippen LogP contribution in [0.15, 0.2) is 6.20 Å². The quantitative estimate of drug-likeness (QED) is 0.734. The molecule has 4 heteroatoms. The topological polar surface area (TPSA) is 38.1 Å². The van der Waals surface area contributed by atoms with Crippen molar-refractivity contribution in [1.82, 2.24) is 14.5 Å². The number of aryl methyl sites for hydroxylation is 2. The van der Waals surface area contributed by atoms with E-state index >= 15 is 0 Å². The van der Waals surface area contributed by atoms with E-state index in [2.05, 4.69) is 11.2 Å². The van der Waals surface area contributed by atoms with Crippen LogP contribution in [0.3, 0.4) is 0 Å². The molecule has 0 bridgehead atoms. The number of hydrogen-bond acceptors (Lipinski definition) is 2. The number of imidazole rings is 1. The second-order valence-electron chi connectivity index (χ2n) is 3.78. The van der Waals surface area contributed by atoms with Crippen molar-refractivity contribution >= 4 is 5.91 Å². The first kappa shape index (κ1) is 12.7. The van der Waals surface area contributed by atoms with E-state index in [1.165, 1.54) is 0 Å². The summed E-state index contributed by atoms with van der Waals surface area (Å²) < 4.78 is 2.02. The van der Waals surface area contributed by atoms with Crippen molar-refractivity contribution in [1.29, 1.82) is 0 Å². The van der Waals surface area contributed by atoms with Gasteiger partial charge in [0.15, 0.2) is 0 Å². The summed E-state index contributed by atoms with van der Waals surface area (Å²) in [5, 5.41) is 0. The second kappa shape index (κ2) is 6.30. The number of aromatic nitrogens is 2. The van der Waals surface area contributed by atoms with Gasteiger partial charge < -0.3 is 9.47 Å². The predicted molar refractivity (Wildman–Crippen MR) is 63.0 cm³/mol. The van der Waals surface area contributed by atoms with Crippen LogP contribution in [0, 0.1) is 13.1 Å². The molecule has 0 N–H and O–H groups in total. The molecular weight excluding hydrogens is 202 g/mol. The predicted octanol–water partition coefficient (Wildman–Crippen LogP) is 1.64. The molecule has 1 radical (unpaired) electrons. The van der Waals surface area contributed by atoms with Crippen LogP contribution in [0.2, 0.25) is 0 Å². The molecule has 0 unspecified atom stereocenters. The van der Waals surface area contributed by atoms with E-state index in [-0.39, 0.29) is 5.91 Å². The highest BCUT2D eigenvalue weighted by molar-refractivity contribution is 5.75. The van der Waals surface area contributed by atoms with E-state index in [0.29, 0.717) is 6.42 Å². The largest absolute Gasteiger partial charge is 0.343 e.